The predicted molar refractivity (Wildman–Crippen MR) is 99.1 cm³/mol. The molecule has 0 aromatic rings. The summed E-state index contributed by atoms with van der Waals surface area (Å²) in [5, 5.41) is 15.6. The molecular weight excluding hydrogens is 336 g/mol. The maximum absolute atomic E-state index is 12.9. The fraction of sp³-hybridized carbons (Fsp3) is 0.647. The topological polar surface area (TPSA) is 140 Å². The largest absolute Gasteiger partial charge is 0.370 e. The van der Waals surface area contributed by atoms with Gasteiger partial charge in [0.15, 0.2) is 5.96 Å². The van der Waals surface area contributed by atoms with E-state index in [2.05, 4.69) is 16.0 Å². The number of amides is 3. The van der Waals surface area contributed by atoms with Crippen LogP contribution < -0.4 is 21.7 Å². The normalized spacial score (nSPS) is 21.3. The van der Waals surface area contributed by atoms with Gasteiger partial charge in [0.05, 0.1) is 0 Å². The van der Waals surface area contributed by atoms with E-state index in [4.69, 9.17) is 11.1 Å². The summed E-state index contributed by atoms with van der Waals surface area (Å²) < 4.78 is 0. The standard InChI is InChI=1S/C17H30N6O3/c1-4-17(5-2)15(26)21-13(7-6-9-20-16(18)19)11-23(12(3)24)10-8-14(25)22-17/h8,10,13H,4-7,9,11H2,1-3H3,(H,21,26)(H,22,25)(H4,18,19,20)/b10-8-/t13-/m0/s1. The minimum Gasteiger partial charge on any atom is -0.370 e. The minimum absolute atomic E-state index is 0.105. The fourth-order valence-corrected chi connectivity index (χ4v) is 2.88. The van der Waals surface area contributed by atoms with Crippen LogP contribution in [0.2, 0.25) is 0 Å². The minimum atomic E-state index is -0.976. The van der Waals surface area contributed by atoms with Gasteiger partial charge in [-0.05, 0) is 25.7 Å². The molecule has 1 aliphatic rings. The quantitative estimate of drug-likeness (QED) is 0.251. The van der Waals surface area contributed by atoms with Gasteiger partial charge in [-0.3, -0.25) is 19.8 Å². The zero-order valence-corrected chi connectivity index (χ0v) is 15.7. The highest BCUT2D eigenvalue weighted by atomic mass is 16.2. The van der Waals surface area contributed by atoms with Crippen molar-refractivity contribution in [1.29, 1.82) is 5.41 Å². The highest BCUT2D eigenvalue weighted by Crippen LogP contribution is 2.17. The van der Waals surface area contributed by atoms with Crippen LogP contribution >= 0.6 is 0 Å². The molecule has 0 fully saturated rings. The molecule has 0 aliphatic carbocycles. The van der Waals surface area contributed by atoms with Gasteiger partial charge in [0, 0.05) is 38.3 Å². The maximum Gasteiger partial charge on any atom is 0.246 e. The number of carbonyl (C=O) groups excluding carboxylic acids is 3. The van der Waals surface area contributed by atoms with E-state index < -0.39 is 11.4 Å². The Balaban J connectivity index is 3.01. The van der Waals surface area contributed by atoms with Crippen molar-refractivity contribution in [3.8, 4) is 0 Å². The average Bonchev–Trinajstić information content (AvgIpc) is 2.58. The Bertz CT molecular complexity index is 571. The number of hydrogen-bond donors (Lipinski definition) is 5. The van der Waals surface area contributed by atoms with Crippen molar-refractivity contribution in [3.63, 3.8) is 0 Å². The molecule has 0 saturated heterocycles. The first-order valence-electron chi connectivity index (χ1n) is 8.90. The highest BCUT2D eigenvalue weighted by Gasteiger charge is 2.37. The van der Waals surface area contributed by atoms with Crippen LogP contribution in [0, 0.1) is 5.41 Å². The van der Waals surface area contributed by atoms with E-state index in [9.17, 15) is 14.4 Å². The number of nitrogens with one attached hydrogen (secondary N) is 4. The molecule has 6 N–H and O–H groups in total. The first-order valence-corrected chi connectivity index (χ1v) is 8.90. The Morgan fingerprint density at radius 1 is 1.42 bits per heavy atom. The Labute approximate surface area is 154 Å². The van der Waals surface area contributed by atoms with Crippen LogP contribution in [0.15, 0.2) is 12.3 Å². The summed E-state index contributed by atoms with van der Waals surface area (Å²) in [6, 6.07) is -0.280. The van der Waals surface area contributed by atoms with E-state index in [1.54, 1.807) is 0 Å². The molecule has 0 aromatic heterocycles. The number of guanidine groups is 1. The van der Waals surface area contributed by atoms with Gasteiger partial charge in [-0.25, -0.2) is 0 Å². The smallest absolute Gasteiger partial charge is 0.246 e. The molecule has 0 spiro atoms. The van der Waals surface area contributed by atoms with E-state index in [1.807, 2.05) is 13.8 Å². The molecule has 0 unspecified atom stereocenters. The third kappa shape index (κ3) is 6.05. The summed E-state index contributed by atoms with van der Waals surface area (Å²) in [6.07, 6.45) is 4.92. The van der Waals surface area contributed by atoms with Gasteiger partial charge in [0.2, 0.25) is 17.7 Å². The molecule has 1 heterocycles. The van der Waals surface area contributed by atoms with Crippen molar-refractivity contribution in [3.05, 3.63) is 12.3 Å². The van der Waals surface area contributed by atoms with Crippen LogP contribution in [0.5, 0.6) is 0 Å². The van der Waals surface area contributed by atoms with Gasteiger partial charge in [0.25, 0.3) is 0 Å². The molecule has 9 heteroatoms. The molecule has 26 heavy (non-hydrogen) atoms. The van der Waals surface area contributed by atoms with Crippen LogP contribution in [0.4, 0.5) is 0 Å². The third-order valence-electron chi connectivity index (χ3n) is 4.61. The Hall–Kier alpha value is -2.58. The molecule has 3 amide bonds. The van der Waals surface area contributed by atoms with Crippen molar-refractivity contribution in [1.82, 2.24) is 20.9 Å². The molecule has 1 rings (SSSR count). The summed E-state index contributed by atoms with van der Waals surface area (Å²) in [5.41, 5.74) is 4.29. The second kappa shape index (κ2) is 9.79. The van der Waals surface area contributed by atoms with Crippen LogP contribution in [-0.4, -0.2) is 53.3 Å². The van der Waals surface area contributed by atoms with E-state index in [-0.39, 0.29) is 30.4 Å². The van der Waals surface area contributed by atoms with Crippen molar-refractivity contribution in [2.45, 2.75) is 58.0 Å². The lowest BCUT2D eigenvalue weighted by Gasteiger charge is -2.35. The summed E-state index contributed by atoms with van der Waals surface area (Å²) in [4.78, 5) is 38.3. The van der Waals surface area contributed by atoms with Gasteiger partial charge < -0.3 is 26.6 Å². The lowest BCUT2D eigenvalue weighted by molar-refractivity contribution is -0.134. The summed E-state index contributed by atoms with van der Waals surface area (Å²) in [5.74, 6) is -0.974. The summed E-state index contributed by atoms with van der Waals surface area (Å²) in [7, 11) is 0. The molecule has 1 atom stereocenters. The first-order chi connectivity index (χ1) is 12.2. The summed E-state index contributed by atoms with van der Waals surface area (Å²) in [6.45, 7) is 5.89. The Kier molecular flexibility index (Phi) is 8.08. The second-order valence-corrected chi connectivity index (χ2v) is 6.42. The van der Waals surface area contributed by atoms with E-state index >= 15 is 0 Å². The lowest BCUT2D eigenvalue weighted by atomic mass is 9.90. The first kappa shape index (κ1) is 21.5. The van der Waals surface area contributed by atoms with E-state index in [0.717, 1.165) is 0 Å². The highest BCUT2D eigenvalue weighted by molar-refractivity contribution is 5.96. The molecule has 0 aromatic carbocycles. The van der Waals surface area contributed by atoms with Gasteiger partial charge >= 0.3 is 0 Å². The molecule has 0 saturated carbocycles. The van der Waals surface area contributed by atoms with Crippen LogP contribution in [-0.2, 0) is 14.4 Å². The van der Waals surface area contributed by atoms with Crippen LogP contribution in [0.25, 0.3) is 0 Å². The Morgan fingerprint density at radius 3 is 2.62 bits per heavy atom. The van der Waals surface area contributed by atoms with Crippen molar-refractivity contribution in [2.75, 3.05) is 13.1 Å². The molecule has 0 bridgehead atoms. The van der Waals surface area contributed by atoms with Crippen molar-refractivity contribution < 1.29 is 14.4 Å². The number of rotatable bonds is 6. The SMILES string of the molecule is CCC1(CC)NC(=O)/C=C\N(C(C)=O)C[C@H](CCCNC(=N)N)NC1=O. The van der Waals surface area contributed by atoms with Gasteiger partial charge in [-0.1, -0.05) is 13.8 Å². The number of nitrogens with two attached hydrogens (primary N) is 1. The van der Waals surface area contributed by atoms with Crippen molar-refractivity contribution in [2.24, 2.45) is 5.73 Å². The van der Waals surface area contributed by atoms with Gasteiger partial charge in [-0.2, -0.15) is 0 Å². The van der Waals surface area contributed by atoms with E-state index in [1.165, 1.54) is 24.1 Å². The molecule has 9 nitrogen and oxygen atoms in total. The van der Waals surface area contributed by atoms with Crippen LogP contribution in [0.1, 0.15) is 46.5 Å². The fourth-order valence-electron chi connectivity index (χ4n) is 2.88. The van der Waals surface area contributed by atoms with E-state index in [0.29, 0.717) is 32.2 Å². The predicted octanol–water partition coefficient (Wildman–Crippen LogP) is -0.215. The second-order valence-electron chi connectivity index (χ2n) is 6.42. The molecule has 0 radical (unpaired) electrons. The zero-order valence-electron chi connectivity index (χ0n) is 15.7. The molecule has 146 valence electrons. The Morgan fingerprint density at radius 2 is 2.08 bits per heavy atom. The molecular formula is C17H30N6O3. The molecule has 1 aliphatic heterocycles. The third-order valence-corrected chi connectivity index (χ3v) is 4.61. The number of nitrogens with zero attached hydrogens (tertiary/aromatic N) is 1. The van der Waals surface area contributed by atoms with Crippen molar-refractivity contribution >= 4 is 23.7 Å². The number of hydrogen-bond acceptors (Lipinski definition) is 4. The zero-order chi connectivity index (χ0) is 19.7. The van der Waals surface area contributed by atoms with Crippen LogP contribution in [0.3, 0.4) is 0 Å². The summed E-state index contributed by atoms with van der Waals surface area (Å²) >= 11 is 0. The average molecular weight is 366 g/mol. The monoisotopic (exact) mass is 366 g/mol. The lowest BCUT2D eigenvalue weighted by Crippen LogP contribution is -2.61. The number of carbonyl (C=O) groups is 3. The van der Waals surface area contributed by atoms with Gasteiger partial charge in [0.1, 0.15) is 5.54 Å². The van der Waals surface area contributed by atoms with Gasteiger partial charge in [-0.15, -0.1) is 0 Å². The maximum atomic E-state index is 12.9.